The standard InChI is InChI=1S/C10H14O.2H2S/c1-10(2,3)8-4-6-9(11)7-5-8;;/h4-7,11H,1-3H3;2*1H2. The Kier molecular flexibility index (Phi) is 6.37. The summed E-state index contributed by atoms with van der Waals surface area (Å²) in [6.45, 7) is 6.46. The van der Waals surface area contributed by atoms with E-state index in [4.69, 9.17) is 5.11 Å². The molecule has 0 heterocycles. The second-order valence-corrected chi connectivity index (χ2v) is 3.80. The fourth-order valence-electron chi connectivity index (χ4n) is 0.961. The molecule has 76 valence electrons. The fourth-order valence-corrected chi connectivity index (χ4v) is 0.961. The summed E-state index contributed by atoms with van der Waals surface area (Å²) in [5.41, 5.74) is 1.42. The van der Waals surface area contributed by atoms with Gasteiger partial charge in [-0.3, -0.25) is 0 Å². The van der Waals surface area contributed by atoms with Crippen LogP contribution in [0.1, 0.15) is 26.3 Å². The third kappa shape index (κ3) is 4.48. The van der Waals surface area contributed by atoms with E-state index in [1.807, 2.05) is 12.1 Å². The number of phenols is 1. The van der Waals surface area contributed by atoms with Crippen LogP contribution in [0.15, 0.2) is 24.3 Å². The topological polar surface area (TPSA) is 20.2 Å². The minimum Gasteiger partial charge on any atom is -0.508 e. The van der Waals surface area contributed by atoms with Crippen LogP contribution in [0.4, 0.5) is 0 Å². The summed E-state index contributed by atoms with van der Waals surface area (Å²) >= 11 is 0. The Morgan fingerprint density at radius 1 is 0.923 bits per heavy atom. The van der Waals surface area contributed by atoms with Gasteiger partial charge in [0.1, 0.15) is 5.75 Å². The Hall–Kier alpha value is -0.280. The van der Waals surface area contributed by atoms with Crippen molar-refractivity contribution in [2.24, 2.45) is 0 Å². The summed E-state index contributed by atoms with van der Waals surface area (Å²) in [5.74, 6) is 0.331. The van der Waals surface area contributed by atoms with Crippen molar-refractivity contribution in [1.29, 1.82) is 0 Å². The Morgan fingerprint density at radius 3 is 1.62 bits per heavy atom. The maximum Gasteiger partial charge on any atom is 0.115 e. The van der Waals surface area contributed by atoms with Crippen LogP contribution in [0.3, 0.4) is 0 Å². The van der Waals surface area contributed by atoms with Crippen molar-refractivity contribution in [1.82, 2.24) is 0 Å². The minimum atomic E-state index is 0. The summed E-state index contributed by atoms with van der Waals surface area (Å²) in [5, 5.41) is 9.02. The summed E-state index contributed by atoms with van der Waals surface area (Å²) in [6.07, 6.45) is 0. The van der Waals surface area contributed by atoms with E-state index in [1.54, 1.807) is 12.1 Å². The molecule has 1 aromatic carbocycles. The molecule has 1 rings (SSSR count). The molecule has 1 nitrogen and oxygen atoms in total. The highest BCUT2D eigenvalue weighted by Gasteiger charge is 2.12. The second kappa shape index (κ2) is 5.45. The monoisotopic (exact) mass is 218 g/mol. The maximum atomic E-state index is 9.02. The van der Waals surface area contributed by atoms with Crippen molar-refractivity contribution in [3.8, 4) is 5.75 Å². The molecule has 0 atom stereocenters. The van der Waals surface area contributed by atoms with E-state index in [9.17, 15) is 0 Å². The Bertz CT molecular complexity index is 236. The van der Waals surface area contributed by atoms with Gasteiger partial charge in [-0.1, -0.05) is 32.9 Å². The van der Waals surface area contributed by atoms with Gasteiger partial charge in [-0.2, -0.15) is 27.0 Å². The average molecular weight is 218 g/mol. The first-order chi connectivity index (χ1) is 5.00. The van der Waals surface area contributed by atoms with Crippen LogP contribution in [0.5, 0.6) is 5.75 Å². The lowest BCUT2D eigenvalue weighted by Gasteiger charge is -2.18. The number of phenolic OH excluding ortho intramolecular Hbond substituents is 1. The third-order valence-corrected chi connectivity index (χ3v) is 1.73. The van der Waals surface area contributed by atoms with Crippen molar-refractivity contribution in [3.05, 3.63) is 29.8 Å². The molecule has 0 unspecified atom stereocenters. The van der Waals surface area contributed by atoms with Gasteiger partial charge in [-0.25, -0.2) is 0 Å². The first-order valence-electron chi connectivity index (χ1n) is 3.79. The van der Waals surface area contributed by atoms with Gasteiger partial charge in [0.05, 0.1) is 0 Å². The zero-order valence-electron chi connectivity index (χ0n) is 8.26. The zero-order valence-corrected chi connectivity index (χ0v) is 10.3. The van der Waals surface area contributed by atoms with Crippen LogP contribution in [-0.4, -0.2) is 5.11 Å². The van der Waals surface area contributed by atoms with E-state index in [0.717, 1.165) is 0 Å². The molecule has 0 amide bonds. The third-order valence-electron chi connectivity index (χ3n) is 1.73. The van der Waals surface area contributed by atoms with Crippen molar-refractivity contribution in [2.45, 2.75) is 26.2 Å². The molecular formula is C10H18OS2. The molecule has 0 aliphatic heterocycles. The van der Waals surface area contributed by atoms with E-state index in [2.05, 4.69) is 20.8 Å². The van der Waals surface area contributed by atoms with Crippen LogP contribution >= 0.6 is 27.0 Å². The van der Waals surface area contributed by atoms with E-state index in [0.29, 0.717) is 5.75 Å². The van der Waals surface area contributed by atoms with E-state index in [1.165, 1.54) is 5.56 Å². The van der Waals surface area contributed by atoms with Crippen LogP contribution in [0.2, 0.25) is 0 Å². The van der Waals surface area contributed by atoms with Crippen molar-refractivity contribution < 1.29 is 5.11 Å². The normalized spacial score (nSPS) is 9.77. The number of aromatic hydroxyl groups is 1. The quantitative estimate of drug-likeness (QED) is 0.710. The highest BCUT2D eigenvalue weighted by molar-refractivity contribution is 7.59. The van der Waals surface area contributed by atoms with Crippen molar-refractivity contribution >= 4 is 27.0 Å². The first-order valence-corrected chi connectivity index (χ1v) is 3.79. The average Bonchev–Trinajstić information content (AvgIpc) is 1.86. The molecule has 3 heteroatoms. The molecule has 0 saturated carbocycles. The van der Waals surface area contributed by atoms with E-state index < -0.39 is 0 Å². The molecule has 13 heavy (non-hydrogen) atoms. The van der Waals surface area contributed by atoms with Crippen LogP contribution in [-0.2, 0) is 5.41 Å². The lowest BCUT2D eigenvalue weighted by Crippen LogP contribution is -2.10. The predicted molar refractivity (Wildman–Crippen MR) is 67.6 cm³/mol. The lowest BCUT2D eigenvalue weighted by molar-refractivity contribution is 0.474. The van der Waals surface area contributed by atoms with Crippen molar-refractivity contribution in [2.75, 3.05) is 0 Å². The van der Waals surface area contributed by atoms with Gasteiger partial charge in [0.2, 0.25) is 0 Å². The van der Waals surface area contributed by atoms with Crippen LogP contribution < -0.4 is 0 Å². The van der Waals surface area contributed by atoms with Gasteiger partial charge in [0, 0.05) is 0 Å². The van der Waals surface area contributed by atoms with Gasteiger partial charge in [-0.15, -0.1) is 0 Å². The molecule has 0 aliphatic rings. The molecule has 0 fully saturated rings. The van der Waals surface area contributed by atoms with Gasteiger partial charge in [-0.05, 0) is 23.1 Å². The molecule has 0 aromatic heterocycles. The van der Waals surface area contributed by atoms with E-state index in [-0.39, 0.29) is 32.4 Å². The molecular weight excluding hydrogens is 200 g/mol. The Labute approximate surface area is 94.1 Å². The van der Waals surface area contributed by atoms with Crippen molar-refractivity contribution in [3.63, 3.8) is 0 Å². The Balaban J connectivity index is 0. The number of hydrogen-bond acceptors (Lipinski definition) is 1. The molecule has 1 N–H and O–H groups in total. The summed E-state index contributed by atoms with van der Waals surface area (Å²) < 4.78 is 0. The van der Waals surface area contributed by atoms with Crippen LogP contribution in [0, 0.1) is 0 Å². The maximum absolute atomic E-state index is 9.02. The predicted octanol–water partition coefficient (Wildman–Crippen LogP) is 2.92. The number of rotatable bonds is 0. The molecule has 0 spiro atoms. The highest BCUT2D eigenvalue weighted by atomic mass is 32.1. The van der Waals surface area contributed by atoms with Gasteiger partial charge < -0.3 is 5.11 Å². The van der Waals surface area contributed by atoms with Gasteiger partial charge >= 0.3 is 0 Å². The van der Waals surface area contributed by atoms with E-state index >= 15 is 0 Å². The second-order valence-electron chi connectivity index (χ2n) is 3.80. The molecule has 0 saturated heterocycles. The molecule has 0 bridgehead atoms. The summed E-state index contributed by atoms with van der Waals surface area (Å²) in [6, 6.07) is 7.35. The van der Waals surface area contributed by atoms with Crippen LogP contribution in [0.25, 0.3) is 0 Å². The smallest absolute Gasteiger partial charge is 0.115 e. The lowest BCUT2D eigenvalue weighted by atomic mass is 9.87. The fraction of sp³-hybridized carbons (Fsp3) is 0.400. The largest absolute Gasteiger partial charge is 0.508 e. The highest BCUT2D eigenvalue weighted by Crippen LogP contribution is 2.23. The molecule has 0 aliphatic carbocycles. The minimum absolute atomic E-state index is 0. The summed E-state index contributed by atoms with van der Waals surface area (Å²) in [4.78, 5) is 0. The number of hydrogen-bond donors (Lipinski definition) is 1. The SMILES string of the molecule is CC(C)(C)c1ccc(O)cc1.S.S. The zero-order chi connectivity index (χ0) is 8.48. The van der Waals surface area contributed by atoms with Gasteiger partial charge in [0.25, 0.3) is 0 Å². The number of benzene rings is 1. The van der Waals surface area contributed by atoms with Gasteiger partial charge in [0.15, 0.2) is 0 Å². The first kappa shape index (κ1) is 15.2. The molecule has 1 aromatic rings. The molecule has 0 radical (unpaired) electrons. The Morgan fingerprint density at radius 2 is 1.31 bits per heavy atom. The summed E-state index contributed by atoms with van der Waals surface area (Å²) in [7, 11) is 0.